The van der Waals surface area contributed by atoms with Crippen molar-refractivity contribution in [1.29, 1.82) is 0 Å². The van der Waals surface area contributed by atoms with E-state index in [0.29, 0.717) is 10.7 Å². The summed E-state index contributed by atoms with van der Waals surface area (Å²) in [6.45, 7) is 1.50. The molecule has 1 aliphatic rings. The van der Waals surface area contributed by atoms with Gasteiger partial charge in [0.25, 0.3) is 5.91 Å². The van der Waals surface area contributed by atoms with Crippen molar-refractivity contribution in [2.24, 2.45) is 5.92 Å². The molecular weight excluding hydrogens is 325 g/mol. The molecule has 0 saturated heterocycles. The van der Waals surface area contributed by atoms with E-state index >= 15 is 0 Å². The average Bonchev–Trinajstić information content (AvgIpc) is 3.19. The number of hydrogen-bond acceptors (Lipinski definition) is 3. The Balaban J connectivity index is 1.99. The predicted octanol–water partition coefficient (Wildman–Crippen LogP) is 3.93. The largest absolute Gasteiger partial charge is 0.452 e. The van der Waals surface area contributed by atoms with Crippen LogP contribution < -0.4 is 5.32 Å². The molecule has 1 atom stereocenters. The molecule has 2 rings (SSSR count). The maximum Gasteiger partial charge on any atom is 0.309 e. The van der Waals surface area contributed by atoms with Crippen LogP contribution in [-0.2, 0) is 14.3 Å². The highest BCUT2D eigenvalue weighted by Gasteiger charge is 2.33. The van der Waals surface area contributed by atoms with Crippen molar-refractivity contribution in [3.63, 3.8) is 0 Å². The van der Waals surface area contributed by atoms with Gasteiger partial charge in [-0.25, -0.2) is 0 Å². The van der Waals surface area contributed by atoms with Crippen LogP contribution in [0.3, 0.4) is 0 Å². The molecule has 0 unspecified atom stereocenters. The summed E-state index contributed by atoms with van der Waals surface area (Å²) < 4.78 is 5.05. The molecule has 108 valence electrons. The minimum atomic E-state index is -0.895. The first-order chi connectivity index (χ1) is 9.38. The van der Waals surface area contributed by atoms with Crippen LogP contribution in [0, 0.1) is 5.92 Å². The summed E-state index contributed by atoms with van der Waals surface area (Å²) in [5.41, 5.74) is 0.320. The molecule has 1 aromatic rings. The SMILES string of the molecule is C[C@@H](OC(=O)C1CC1)C(=O)Nc1cc(Cl)c(Cl)cc1Cl. The van der Waals surface area contributed by atoms with Crippen LogP contribution in [0.4, 0.5) is 5.69 Å². The van der Waals surface area contributed by atoms with Gasteiger partial charge in [0.2, 0.25) is 0 Å². The maximum atomic E-state index is 11.9. The minimum absolute atomic E-state index is 0.0567. The van der Waals surface area contributed by atoms with Crippen molar-refractivity contribution in [2.45, 2.75) is 25.9 Å². The van der Waals surface area contributed by atoms with Crippen LogP contribution in [0.15, 0.2) is 12.1 Å². The van der Waals surface area contributed by atoms with Gasteiger partial charge in [0.05, 0.1) is 26.7 Å². The van der Waals surface area contributed by atoms with Gasteiger partial charge in [0.1, 0.15) is 0 Å². The average molecular weight is 337 g/mol. The number of benzene rings is 1. The number of ether oxygens (including phenoxy) is 1. The topological polar surface area (TPSA) is 55.4 Å². The second-order valence-corrected chi connectivity index (χ2v) is 5.81. The molecular formula is C13H12Cl3NO3. The number of carbonyl (C=O) groups is 2. The van der Waals surface area contributed by atoms with Crippen LogP contribution >= 0.6 is 34.8 Å². The summed E-state index contributed by atoms with van der Waals surface area (Å²) in [7, 11) is 0. The Morgan fingerprint density at radius 2 is 1.80 bits per heavy atom. The van der Waals surface area contributed by atoms with Gasteiger partial charge in [-0.05, 0) is 31.9 Å². The number of rotatable bonds is 4. The molecule has 7 heteroatoms. The van der Waals surface area contributed by atoms with Gasteiger partial charge in [-0.1, -0.05) is 34.8 Å². The number of anilines is 1. The quantitative estimate of drug-likeness (QED) is 0.669. The second-order valence-electron chi connectivity index (χ2n) is 4.59. The molecule has 0 radical (unpaired) electrons. The van der Waals surface area contributed by atoms with Gasteiger partial charge >= 0.3 is 5.97 Å². The molecule has 0 aliphatic heterocycles. The van der Waals surface area contributed by atoms with Crippen LogP contribution in [-0.4, -0.2) is 18.0 Å². The summed E-state index contributed by atoms with van der Waals surface area (Å²) >= 11 is 17.6. The van der Waals surface area contributed by atoms with Crippen molar-refractivity contribution in [3.8, 4) is 0 Å². The van der Waals surface area contributed by atoms with Crippen LogP contribution in [0.2, 0.25) is 15.1 Å². The highest BCUT2D eigenvalue weighted by molar-refractivity contribution is 6.44. The lowest BCUT2D eigenvalue weighted by Gasteiger charge is -2.14. The van der Waals surface area contributed by atoms with Gasteiger partial charge in [-0.2, -0.15) is 0 Å². The standard InChI is InChI=1S/C13H12Cl3NO3/c1-6(20-13(19)7-2-3-7)12(18)17-11-5-9(15)8(14)4-10(11)16/h4-7H,2-3H2,1H3,(H,17,18)/t6-/m1/s1. The third-order valence-electron chi connectivity index (χ3n) is 2.84. The summed E-state index contributed by atoms with van der Waals surface area (Å²) in [4.78, 5) is 23.4. The molecule has 20 heavy (non-hydrogen) atoms. The van der Waals surface area contributed by atoms with E-state index in [-0.39, 0.29) is 21.9 Å². The van der Waals surface area contributed by atoms with E-state index in [2.05, 4.69) is 5.32 Å². The molecule has 1 aromatic carbocycles. The predicted molar refractivity (Wildman–Crippen MR) is 78.4 cm³/mol. The van der Waals surface area contributed by atoms with Gasteiger partial charge in [0, 0.05) is 0 Å². The molecule has 0 spiro atoms. The number of carbonyl (C=O) groups excluding carboxylic acids is 2. The molecule has 1 fully saturated rings. The van der Waals surface area contributed by atoms with Crippen molar-refractivity contribution in [1.82, 2.24) is 0 Å². The van der Waals surface area contributed by atoms with Gasteiger partial charge in [0.15, 0.2) is 6.10 Å². The molecule has 1 N–H and O–H groups in total. The van der Waals surface area contributed by atoms with Crippen molar-refractivity contribution in [2.75, 3.05) is 5.32 Å². The maximum absolute atomic E-state index is 11.9. The summed E-state index contributed by atoms with van der Waals surface area (Å²) in [6.07, 6.45) is 0.756. The van der Waals surface area contributed by atoms with Crippen LogP contribution in [0.1, 0.15) is 19.8 Å². The first-order valence-corrected chi connectivity index (χ1v) is 7.17. The van der Waals surface area contributed by atoms with E-state index < -0.39 is 12.0 Å². The molecule has 4 nitrogen and oxygen atoms in total. The molecule has 1 saturated carbocycles. The number of nitrogens with one attached hydrogen (secondary N) is 1. The van der Waals surface area contributed by atoms with Crippen LogP contribution in [0.25, 0.3) is 0 Å². The third kappa shape index (κ3) is 3.78. The van der Waals surface area contributed by atoms with Crippen molar-refractivity contribution in [3.05, 3.63) is 27.2 Å². The summed E-state index contributed by atoms with van der Waals surface area (Å²) in [5.74, 6) is -0.869. The Bertz CT molecular complexity index is 558. The summed E-state index contributed by atoms with van der Waals surface area (Å²) in [6, 6.07) is 2.88. The Hall–Kier alpha value is -0.970. The van der Waals surface area contributed by atoms with E-state index in [1.54, 1.807) is 0 Å². The van der Waals surface area contributed by atoms with Gasteiger partial charge in [-0.3, -0.25) is 9.59 Å². The number of amides is 1. The molecule has 1 aliphatic carbocycles. The molecule has 0 heterocycles. The highest BCUT2D eigenvalue weighted by atomic mass is 35.5. The Morgan fingerprint density at radius 3 is 2.40 bits per heavy atom. The summed E-state index contributed by atoms with van der Waals surface area (Å²) in [5, 5.41) is 3.38. The van der Waals surface area contributed by atoms with E-state index in [1.165, 1.54) is 19.1 Å². The Kier molecular flexibility index (Phi) is 4.78. The van der Waals surface area contributed by atoms with E-state index in [4.69, 9.17) is 39.5 Å². The van der Waals surface area contributed by atoms with E-state index in [0.717, 1.165) is 12.8 Å². The number of halogens is 3. The first-order valence-electron chi connectivity index (χ1n) is 6.04. The fourth-order valence-corrected chi connectivity index (χ4v) is 2.09. The van der Waals surface area contributed by atoms with Crippen molar-refractivity contribution >= 4 is 52.4 Å². The fraction of sp³-hybridized carbons (Fsp3) is 0.385. The first kappa shape index (κ1) is 15.4. The zero-order valence-electron chi connectivity index (χ0n) is 10.6. The lowest BCUT2D eigenvalue weighted by atomic mass is 10.3. The normalized spacial score (nSPS) is 15.6. The van der Waals surface area contributed by atoms with Crippen LogP contribution in [0.5, 0.6) is 0 Å². The monoisotopic (exact) mass is 335 g/mol. The Labute approximate surface area is 131 Å². The lowest BCUT2D eigenvalue weighted by Crippen LogP contribution is -2.30. The van der Waals surface area contributed by atoms with Gasteiger partial charge < -0.3 is 10.1 Å². The van der Waals surface area contributed by atoms with E-state index in [1.807, 2.05) is 0 Å². The lowest BCUT2D eigenvalue weighted by molar-refractivity contribution is -0.154. The smallest absolute Gasteiger partial charge is 0.309 e. The van der Waals surface area contributed by atoms with Gasteiger partial charge in [-0.15, -0.1) is 0 Å². The molecule has 0 bridgehead atoms. The highest BCUT2D eigenvalue weighted by Crippen LogP contribution is 2.33. The second kappa shape index (κ2) is 6.20. The Morgan fingerprint density at radius 1 is 1.20 bits per heavy atom. The zero-order valence-corrected chi connectivity index (χ0v) is 12.9. The molecule has 1 amide bonds. The number of hydrogen-bond donors (Lipinski definition) is 1. The van der Waals surface area contributed by atoms with E-state index in [9.17, 15) is 9.59 Å². The van der Waals surface area contributed by atoms with Crippen molar-refractivity contribution < 1.29 is 14.3 Å². The zero-order chi connectivity index (χ0) is 14.9. The fourth-order valence-electron chi connectivity index (χ4n) is 1.50. The molecule has 0 aromatic heterocycles. The number of esters is 1. The minimum Gasteiger partial charge on any atom is -0.452 e. The third-order valence-corrected chi connectivity index (χ3v) is 3.88.